The molecule has 28 heavy (non-hydrogen) atoms. The number of aromatic nitrogens is 5. The molecule has 0 bridgehead atoms. The number of allylic oxidation sites excluding steroid dienone is 1. The molecule has 0 fully saturated rings. The number of alkyl halides is 3. The number of hydrogen-bond acceptors (Lipinski definition) is 6. The third-order valence-corrected chi connectivity index (χ3v) is 3.59. The Hall–Kier alpha value is -3.76. The maximum atomic E-state index is 12.9. The van der Waals surface area contributed by atoms with Crippen LogP contribution in [0.1, 0.15) is 10.4 Å². The van der Waals surface area contributed by atoms with Crippen LogP contribution in [-0.4, -0.2) is 43.9 Å². The number of nitrogens with zero attached hydrogens (tertiary/aromatic N) is 5. The number of ether oxygens (including phenoxy) is 1. The summed E-state index contributed by atoms with van der Waals surface area (Å²) in [6.45, 7) is 3.02. The first-order chi connectivity index (χ1) is 13.3. The van der Waals surface area contributed by atoms with E-state index < -0.39 is 17.8 Å². The van der Waals surface area contributed by atoms with E-state index >= 15 is 0 Å². The van der Waals surface area contributed by atoms with Gasteiger partial charge in [0, 0.05) is 6.20 Å². The summed E-state index contributed by atoms with van der Waals surface area (Å²) in [6.07, 6.45) is -2.31. The van der Waals surface area contributed by atoms with Crippen LogP contribution < -0.4 is 10.1 Å². The van der Waals surface area contributed by atoms with Gasteiger partial charge in [0.25, 0.3) is 5.91 Å². The zero-order chi connectivity index (χ0) is 20.3. The molecule has 0 unspecified atom stereocenters. The van der Waals surface area contributed by atoms with E-state index in [1.54, 1.807) is 6.07 Å². The molecular weight excluding hydrogens is 377 g/mol. The Balaban J connectivity index is 1.89. The minimum absolute atomic E-state index is 0.0684. The summed E-state index contributed by atoms with van der Waals surface area (Å²) in [5.41, 5.74) is -0.923. The average Bonchev–Trinajstić information content (AvgIpc) is 3.16. The molecule has 3 aromatic heterocycles. The lowest BCUT2D eigenvalue weighted by Gasteiger charge is -2.13. The van der Waals surface area contributed by atoms with Crippen LogP contribution in [0.3, 0.4) is 0 Å². The summed E-state index contributed by atoms with van der Waals surface area (Å²) >= 11 is 0. The number of rotatable bonds is 5. The summed E-state index contributed by atoms with van der Waals surface area (Å²) in [7, 11) is 1.37. The van der Waals surface area contributed by atoms with Gasteiger partial charge in [-0.15, -0.1) is 10.2 Å². The fourth-order valence-corrected chi connectivity index (χ4v) is 2.28. The third-order valence-electron chi connectivity index (χ3n) is 3.59. The Labute approximate surface area is 156 Å². The molecule has 0 aliphatic rings. The highest BCUT2D eigenvalue weighted by atomic mass is 19.4. The summed E-state index contributed by atoms with van der Waals surface area (Å²) in [5, 5.41) is 9.71. The van der Waals surface area contributed by atoms with Gasteiger partial charge in [0.2, 0.25) is 5.88 Å². The molecular formula is C17H13F3N6O2. The van der Waals surface area contributed by atoms with Crippen molar-refractivity contribution in [3.8, 4) is 17.4 Å². The standard InChI is InChI=1S/C17H13F3N6O2/c1-10(17(18,19)20)26-9-22-25-14(26)12-6-3-7-13(23-12)24-15(27)11-5-4-8-21-16(11)28-2/h3-9H,1H2,2H3,(H,23,24,27). The Morgan fingerprint density at radius 1 is 1.25 bits per heavy atom. The van der Waals surface area contributed by atoms with Gasteiger partial charge >= 0.3 is 6.18 Å². The Morgan fingerprint density at radius 2 is 2.04 bits per heavy atom. The fraction of sp³-hybridized carbons (Fsp3) is 0.118. The minimum Gasteiger partial charge on any atom is -0.480 e. The fourth-order valence-electron chi connectivity index (χ4n) is 2.28. The number of pyridine rings is 2. The summed E-state index contributed by atoms with van der Waals surface area (Å²) in [4.78, 5) is 20.5. The van der Waals surface area contributed by atoms with Crippen molar-refractivity contribution in [2.24, 2.45) is 0 Å². The van der Waals surface area contributed by atoms with Crippen LogP contribution in [0.5, 0.6) is 5.88 Å². The predicted molar refractivity (Wildman–Crippen MR) is 93.4 cm³/mol. The zero-order valence-corrected chi connectivity index (χ0v) is 14.4. The molecule has 0 atom stereocenters. The van der Waals surface area contributed by atoms with Crippen LogP contribution in [0.4, 0.5) is 19.0 Å². The van der Waals surface area contributed by atoms with Gasteiger partial charge in [0.05, 0.1) is 7.11 Å². The SMILES string of the molecule is C=C(n1cnnc1-c1cccc(NC(=O)c2cccnc2OC)n1)C(F)(F)F. The van der Waals surface area contributed by atoms with Crippen molar-refractivity contribution in [2.45, 2.75) is 6.18 Å². The third kappa shape index (κ3) is 3.82. The largest absolute Gasteiger partial charge is 0.480 e. The predicted octanol–water partition coefficient (Wildman–Crippen LogP) is 3.03. The number of nitrogens with one attached hydrogen (secondary N) is 1. The van der Waals surface area contributed by atoms with E-state index in [1.807, 2.05) is 0 Å². The van der Waals surface area contributed by atoms with Crippen molar-refractivity contribution in [3.05, 3.63) is 55.0 Å². The summed E-state index contributed by atoms with van der Waals surface area (Å²) in [6, 6.07) is 7.49. The molecule has 144 valence electrons. The smallest absolute Gasteiger partial charge is 0.431 e. The van der Waals surface area contributed by atoms with Gasteiger partial charge in [0.15, 0.2) is 5.82 Å². The second kappa shape index (κ2) is 7.47. The molecule has 0 radical (unpaired) electrons. The highest BCUT2D eigenvalue weighted by Crippen LogP contribution is 2.30. The molecule has 0 aromatic carbocycles. The highest BCUT2D eigenvalue weighted by molar-refractivity contribution is 6.05. The van der Waals surface area contributed by atoms with E-state index in [0.717, 1.165) is 6.33 Å². The van der Waals surface area contributed by atoms with Gasteiger partial charge in [-0.1, -0.05) is 12.6 Å². The molecule has 8 nitrogen and oxygen atoms in total. The number of anilines is 1. The van der Waals surface area contributed by atoms with Gasteiger partial charge in [-0.2, -0.15) is 13.2 Å². The molecule has 3 rings (SSSR count). The van der Waals surface area contributed by atoms with Crippen molar-refractivity contribution < 1.29 is 22.7 Å². The van der Waals surface area contributed by atoms with Gasteiger partial charge < -0.3 is 10.1 Å². The lowest BCUT2D eigenvalue weighted by Crippen LogP contribution is -2.16. The summed E-state index contributed by atoms with van der Waals surface area (Å²) in [5.74, 6) is -0.494. The molecule has 0 spiro atoms. The Bertz CT molecular complexity index is 1030. The first-order valence-electron chi connectivity index (χ1n) is 7.75. The number of carbonyl (C=O) groups excluding carboxylic acids is 1. The number of carbonyl (C=O) groups is 1. The number of halogens is 3. The molecule has 0 saturated heterocycles. The van der Waals surface area contributed by atoms with Gasteiger partial charge in [-0.25, -0.2) is 9.97 Å². The Morgan fingerprint density at radius 3 is 2.75 bits per heavy atom. The number of hydrogen-bond donors (Lipinski definition) is 1. The van der Waals surface area contributed by atoms with Crippen molar-refractivity contribution in [1.82, 2.24) is 24.7 Å². The molecule has 3 aromatic rings. The normalized spacial score (nSPS) is 11.1. The molecule has 3 heterocycles. The molecule has 1 N–H and O–H groups in total. The monoisotopic (exact) mass is 390 g/mol. The van der Waals surface area contributed by atoms with Crippen LogP contribution in [0.15, 0.2) is 49.4 Å². The number of methoxy groups -OCH3 is 1. The van der Waals surface area contributed by atoms with Crippen LogP contribution in [0.25, 0.3) is 17.2 Å². The Kier molecular flexibility index (Phi) is 5.07. The van der Waals surface area contributed by atoms with Crippen molar-refractivity contribution in [3.63, 3.8) is 0 Å². The maximum Gasteiger partial charge on any atom is 0.431 e. The van der Waals surface area contributed by atoms with Crippen LogP contribution >= 0.6 is 0 Å². The van der Waals surface area contributed by atoms with Gasteiger partial charge in [-0.3, -0.25) is 9.36 Å². The lowest BCUT2D eigenvalue weighted by molar-refractivity contribution is -0.0733. The second-order valence-electron chi connectivity index (χ2n) is 5.39. The highest BCUT2D eigenvalue weighted by Gasteiger charge is 2.35. The first kappa shape index (κ1) is 19.0. The number of amides is 1. The lowest BCUT2D eigenvalue weighted by atomic mass is 10.2. The van der Waals surface area contributed by atoms with Gasteiger partial charge in [-0.05, 0) is 24.3 Å². The van der Waals surface area contributed by atoms with Crippen LogP contribution in [0.2, 0.25) is 0 Å². The zero-order valence-electron chi connectivity index (χ0n) is 14.4. The van der Waals surface area contributed by atoms with E-state index in [-0.39, 0.29) is 28.8 Å². The first-order valence-corrected chi connectivity index (χ1v) is 7.75. The molecule has 11 heteroatoms. The van der Waals surface area contributed by atoms with Crippen molar-refractivity contribution >= 4 is 17.4 Å². The average molecular weight is 390 g/mol. The van der Waals surface area contributed by atoms with Crippen molar-refractivity contribution in [1.29, 1.82) is 0 Å². The molecule has 0 aliphatic heterocycles. The molecule has 0 saturated carbocycles. The van der Waals surface area contributed by atoms with E-state index in [1.165, 1.54) is 37.6 Å². The van der Waals surface area contributed by atoms with E-state index in [2.05, 4.69) is 32.1 Å². The van der Waals surface area contributed by atoms with E-state index in [0.29, 0.717) is 4.57 Å². The van der Waals surface area contributed by atoms with Crippen LogP contribution in [-0.2, 0) is 0 Å². The minimum atomic E-state index is -4.67. The quantitative estimate of drug-likeness (QED) is 0.720. The second-order valence-corrected chi connectivity index (χ2v) is 5.39. The van der Waals surface area contributed by atoms with E-state index in [4.69, 9.17) is 4.74 Å². The maximum absolute atomic E-state index is 12.9. The topological polar surface area (TPSA) is 94.8 Å². The van der Waals surface area contributed by atoms with Crippen molar-refractivity contribution in [2.75, 3.05) is 12.4 Å². The van der Waals surface area contributed by atoms with E-state index in [9.17, 15) is 18.0 Å². The van der Waals surface area contributed by atoms with Crippen LogP contribution in [0, 0.1) is 0 Å². The molecule has 1 amide bonds. The van der Waals surface area contributed by atoms with Gasteiger partial charge in [0.1, 0.15) is 29.1 Å². The summed E-state index contributed by atoms with van der Waals surface area (Å²) < 4.78 is 44.6. The molecule has 0 aliphatic carbocycles.